The van der Waals surface area contributed by atoms with Crippen LogP contribution in [0.25, 0.3) is 16.9 Å². The van der Waals surface area contributed by atoms with E-state index in [-0.39, 0.29) is 16.5 Å². The average Bonchev–Trinajstić information content (AvgIpc) is 3.45. The fourth-order valence-electron chi connectivity index (χ4n) is 6.52. The molecule has 1 aliphatic rings. The molecule has 3 rings (SSSR count). The number of hydrogen-bond acceptors (Lipinski definition) is 0. The van der Waals surface area contributed by atoms with Crippen molar-refractivity contribution in [2.24, 2.45) is 0 Å². The summed E-state index contributed by atoms with van der Waals surface area (Å²) in [5.74, 6) is 0. The van der Waals surface area contributed by atoms with Gasteiger partial charge in [-0.3, -0.25) is 0 Å². The Morgan fingerprint density at radius 1 is 0.522 bits per heavy atom. The summed E-state index contributed by atoms with van der Waals surface area (Å²) in [5.41, 5.74) is 17.7. The molecule has 2 nitrogen and oxygen atoms in total. The summed E-state index contributed by atoms with van der Waals surface area (Å²) in [5, 5.41) is 0. The molecule has 0 saturated carbocycles. The second kappa shape index (κ2) is 25.8. The summed E-state index contributed by atoms with van der Waals surface area (Å²) in [6, 6.07) is 17.2. The molecule has 46 heavy (non-hydrogen) atoms. The van der Waals surface area contributed by atoms with E-state index in [2.05, 4.69) is 80.6 Å². The van der Waals surface area contributed by atoms with Gasteiger partial charge in [-0.2, -0.15) is 0 Å². The summed E-state index contributed by atoms with van der Waals surface area (Å²) in [4.78, 5) is 0. The maximum atomic E-state index is 11.1. The summed E-state index contributed by atoms with van der Waals surface area (Å²) >= 11 is 0. The van der Waals surface area contributed by atoms with Gasteiger partial charge in [-0.15, -0.1) is 0 Å². The topological polar surface area (TPSA) is 25.3 Å². The summed E-state index contributed by atoms with van der Waals surface area (Å²) in [7, 11) is 0. The van der Waals surface area contributed by atoms with Crippen molar-refractivity contribution < 1.29 is 21.2 Å². The first-order valence-electron chi connectivity index (χ1n) is 19.0. The maximum Gasteiger partial charge on any atom is 0.207 e. The molecular weight excluding hydrogens is 603 g/mol. The van der Waals surface area contributed by atoms with Crippen molar-refractivity contribution in [2.45, 2.75) is 162 Å². The van der Waals surface area contributed by atoms with E-state index in [1.54, 1.807) is 0 Å². The van der Waals surface area contributed by atoms with E-state index in [0.29, 0.717) is 0 Å². The van der Waals surface area contributed by atoms with E-state index in [4.69, 9.17) is 0 Å². The van der Waals surface area contributed by atoms with Crippen molar-refractivity contribution in [3.8, 4) is 0 Å². The monoisotopic (exact) mass is 666 g/mol. The molecule has 0 radical (unpaired) electrons. The normalized spacial score (nSPS) is 12.9. The fraction of sp³-hybridized carbons (Fsp3) is 0.581. The number of unbranched alkanes of at least 4 members (excludes halogenated alkanes) is 18. The minimum Gasteiger partial charge on any atom is -0.493 e. The van der Waals surface area contributed by atoms with Gasteiger partial charge in [-0.05, 0) is 74.3 Å². The predicted molar refractivity (Wildman–Crippen MR) is 197 cm³/mol. The van der Waals surface area contributed by atoms with Crippen LogP contribution in [0.2, 0.25) is 0 Å². The summed E-state index contributed by atoms with van der Waals surface area (Å²) < 4.78 is 1.37. The molecule has 0 amide bonds. The second-order valence-electron chi connectivity index (χ2n) is 13.3. The molecule has 0 unspecified atom stereocenters. The molecule has 2 aromatic rings. The first-order valence-corrected chi connectivity index (χ1v) is 19.0. The van der Waals surface area contributed by atoms with Gasteiger partial charge in [0.05, 0.1) is 0 Å². The van der Waals surface area contributed by atoms with Crippen LogP contribution in [0, 0.1) is 0 Å². The van der Waals surface area contributed by atoms with Crippen molar-refractivity contribution in [3.63, 3.8) is 0 Å². The molecule has 0 saturated heterocycles. The van der Waals surface area contributed by atoms with Gasteiger partial charge >= 0.3 is 0 Å². The van der Waals surface area contributed by atoms with Crippen LogP contribution in [0.1, 0.15) is 171 Å². The Morgan fingerprint density at radius 2 is 1.02 bits per heavy atom. The van der Waals surface area contributed by atoms with E-state index in [0.717, 1.165) is 48.2 Å². The quantitative estimate of drug-likeness (QED) is 0.0413. The van der Waals surface area contributed by atoms with Crippen LogP contribution < -0.4 is 0 Å². The molecule has 2 aromatic carbocycles. The van der Waals surface area contributed by atoms with Gasteiger partial charge in [0.15, 0.2) is 0 Å². The molecular formula is C43H64N2Ni. The Kier molecular flexibility index (Phi) is 22.4. The van der Waals surface area contributed by atoms with Crippen molar-refractivity contribution in [1.29, 1.82) is 0 Å². The zero-order valence-electron chi connectivity index (χ0n) is 29.4. The van der Waals surface area contributed by atoms with Crippen LogP contribution in [0.5, 0.6) is 0 Å². The molecule has 0 N–H and O–H groups in total. The molecule has 0 atom stereocenters. The number of rotatable bonds is 26. The number of nitrogens with zero attached hydrogens (tertiary/aromatic N) is 2. The summed E-state index contributed by atoms with van der Waals surface area (Å²) in [6.07, 6.45) is 39.7. The van der Waals surface area contributed by atoms with E-state index in [1.165, 1.54) is 138 Å². The van der Waals surface area contributed by atoms with Crippen LogP contribution in [0.15, 0.2) is 72.8 Å². The molecule has 0 fully saturated rings. The average molecular weight is 668 g/mol. The Balaban J connectivity index is 0.00000736. The molecule has 0 aromatic heterocycles. The van der Waals surface area contributed by atoms with Crippen molar-refractivity contribution in [3.05, 3.63) is 101 Å². The van der Waals surface area contributed by atoms with Gasteiger partial charge in [0.25, 0.3) is 0 Å². The molecule has 256 valence electrons. The van der Waals surface area contributed by atoms with Crippen LogP contribution >= 0.6 is 0 Å². The molecule has 0 spiro atoms. The first-order chi connectivity index (χ1) is 22.2. The molecule has 3 heteroatoms. The van der Waals surface area contributed by atoms with Gasteiger partial charge < -0.3 is 5.53 Å². The van der Waals surface area contributed by atoms with E-state index < -0.39 is 0 Å². The number of allylic oxidation sites excluding steroid dienone is 4. The van der Waals surface area contributed by atoms with Gasteiger partial charge in [0, 0.05) is 39.8 Å². The molecule has 1 aliphatic heterocycles. The minimum absolute atomic E-state index is 0. The Labute approximate surface area is 293 Å². The molecule has 0 aliphatic carbocycles. The standard InChI is InChI=1S/C43H64N2.Ni/c1-3-5-7-8-9-10-11-12-13-14-15-16-17-18-19-20-21-22-23-24-25-29-39-30-26-27-31-41(39)43-37-36-42(45(43)44)40-34-32-38(33-35-40)28-6-4-2;/h22-23,26-27,30-37H,3-21,24-25,28-29H2,1-2H3;. The Hall–Kier alpha value is -2.25. The van der Waals surface area contributed by atoms with Crippen LogP contribution in [0.3, 0.4) is 0 Å². The maximum absolute atomic E-state index is 11.1. The van der Waals surface area contributed by atoms with Gasteiger partial charge in [0.1, 0.15) is 0 Å². The Bertz CT molecular complexity index is 1170. The molecule has 0 bridgehead atoms. The van der Waals surface area contributed by atoms with Crippen molar-refractivity contribution in [1.82, 2.24) is 0 Å². The van der Waals surface area contributed by atoms with E-state index in [1.807, 2.05) is 6.08 Å². The third kappa shape index (κ3) is 15.6. The zero-order valence-corrected chi connectivity index (χ0v) is 30.4. The fourth-order valence-corrected chi connectivity index (χ4v) is 6.52. The SMILES string of the molecule is CCCCCCCCCCCCCCCCCCC=CCCCc1ccccc1C1=CC=C(c2ccc(CCCC)cc2)[N+]1=[N-].[Ni]. The third-order valence-corrected chi connectivity index (χ3v) is 9.43. The molecule has 1 heterocycles. The van der Waals surface area contributed by atoms with E-state index in [9.17, 15) is 5.53 Å². The third-order valence-electron chi connectivity index (χ3n) is 9.43. The zero-order chi connectivity index (χ0) is 31.8. The summed E-state index contributed by atoms with van der Waals surface area (Å²) in [6.45, 7) is 4.53. The van der Waals surface area contributed by atoms with Crippen LogP contribution in [-0.4, -0.2) is 4.70 Å². The Morgan fingerprint density at radius 3 is 1.61 bits per heavy atom. The van der Waals surface area contributed by atoms with Gasteiger partial charge in [-0.25, -0.2) is 4.70 Å². The second-order valence-corrected chi connectivity index (χ2v) is 13.3. The van der Waals surface area contributed by atoms with Gasteiger partial charge in [0.2, 0.25) is 11.4 Å². The van der Waals surface area contributed by atoms with Gasteiger partial charge in [-0.1, -0.05) is 159 Å². The smallest absolute Gasteiger partial charge is 0.207 e. The minimum atomic E-state index is 0. The van der Waals surface area contributed by atoms with E-state index >= 15 is 0 Å². The number of aryl methyl sites for hydroxylation is 2. The largest absolute Gasteiger partial charge is 0.493 e. The van der Waals surface area contributed by atoms with Crippen LogP contribution in [0.4, 0.5) is 0 Å². The first kappa shape index (κ1) is 39.9. The van der Waals surface area contributed by atoms with Crippen molar-refractivity contribution in [2.75, 3.05) is 0 Å². The number of hydrogen-bond donors (Lipinski definition) is 0. The van der Waals surface area contributed by atoms with Crippen LogP contribution in [-0.2, 0) is 29.3 Å². The number of benzene rings is 2. The predicted octanol–water partition coefficient (Wildman–Crippen LogP) is 14.0. The van der Waals surface area contributed by atoms with Crippen molar-refractivity contribution >= 4 is 11.4 Å².